The fourth-order valence-corrected chi connectivity index (χ4v) is 0.941. The highest BCUT2D eigenvalue weighted by atomic mass is 16.4. The summed E-state index contributed by atoms with van der Waals surface area (Å²) in [7, 11) is 0. The van der Waals surface area contributed by atoms with E-state index in [1.807, 2.05) is 0 Å². The van der Waals surface area contributed by atoms with E-state index >= 15 is 0 Å². The summed E-state index contributed by atoms with van der Waals surface area (Å²) >= 11 is 0. The molecule has 0 aliphatic heterocycles. The molecule has 0 saturated heterocycles. The average Bonchev–Trinajstić information content (AvgIpc) is 2.18. The third kappa shape index (κ3) is 2.16. The predicted molar refractivity (Wildman–Crippen MR) is 48.1 cm³/mol. The molecule has 14 heavy (non-hydrogen) atoms. The maximum atomic E-state index is 10.7. The number of amides is 1. The van der Waals surface area contributed by atoms with E-state index in [1.165, 1.54) is 18.2 Å². The van der Waals surface area contributed by atoms with Crippen molar-refractivity contribution in [3.63, 3.8) is 0 Å². The zero-order chi connectivity index (χ0) is 10.6. The van der Waals surface area contributed by atoms with Gasteiger partial charge in [0.25, 0.3) is 5.91 Å². The van der Waals surface area contributed by atoms with E-state index in [1.54, 1.807) is 6.07 Å². The van der Waals surface area contributed by atoms with Gasteiger partial charge in [-0.15, -0.1) is 0 Å². The highest BCUT2D eigenvalue weighted by Gasteiger charge is 2.10. The second-order valence-electron chi connectivity index (χ2n) is 2.46. The number of rotatable bonds is 3. The monoisotopic (exact) mass is 193 g/mol. The first-order valence-electron chi connectivity index (χ1n) is 3.73. The zero-order valence-corrected chi connectivity index (χ0v) is 7.06. The number of carbonyl (C=O) groups is 3. The summed E-state index contributed by atoms with van der Waals surface area (Å²) in [6.45, 7) is 0. The number of anilines is 1. The topological polar surface area (TPSA) is 83.5 Å². The number of aldehydes is 1. The Morgan fingerprint density at radius 3 is 2.50 bits per heavy atom. The fraction of sp³-hybridized carbons (Fsp3) is 0. The number of carboxylic acids is 1. The minimum absolute atomic E-state index is 0.0531. The van der Waals surface area contributed by atoms with Crippen molar-refractivity contribution in [3.05, 3.63) is 29.8 Å². The molecule has 2 N–H and O–H groups in total. The van der Waals surface area contributed by atoms with E-state index in [-0.39, 0.29) is 17.5 Å². The molecular weight excluding hydrogens is 186 g/mol. The van der Waals surface area contributed by atoms with E-state index in [4.69, 9.17) is 5.11 Å². The van der Waals surface area contributed by atoms with Crippen molar-refractivity contribution in [2.75, 3.05) is 5.32 Å². The van der Waals surface area contributed by atoms with Gasteiger partial charge in [0.05, 0.1) is 11.3 Å². The van der Waals surface area contributed by atoms with E-state index < -0.39 is 11.9 Å². The second kappa shape index (κ2) is 4.18. The first-order chi connectivity index (χ1) is 6.65. The molecule has 72 valence electrons. The molecule has 0 unspecified atom stereocenters. The largest absolute Gasteiger partial charge is 0.478 e. The molecule has 5 heteroatoms. The average molecular weight is 193 g/mol. The molecule has 0 bridgehead atoms. The maximum absolute atomic E-state index is 10.7. The van der Waals surface area contributed by atoms with Crippen molar-refractivity contribution in [2.24, 2.45) is 0 Å². The Bertz CT molecular complexity index is 386. The molecular formula is C9H7NO4. The molecule has 0 heterocycles. The van der Waals surface area contributed by atoms with Crippen molar-refractivity contribution in [1.29, 1.82) is 0 Å². The highest BCUT2D eigenvalue weighted by molar-refractivity contribution is 6.30. The first kappa shape index (κ1) is 9.91. The molecule has 0 aliphatic carbocycles. The van der Waals surface area contributed by atoms with Gasteiger partial charge < -0.3 is 10.4 Å². The van der Waals surface area contributed by atoms with Gasteiger partial charge in [-0.05, 0) is 12.1 Å². The predicted octanol–water partition coefficient (Wildman–Crippen LogP) is 0.522. The van der Waals surface area contributed by atoms with Crippen LogP contribution >= 0.6 is 0 Å². The Balaban J connectivity index is 3.01. The van der Waals surface area contributed by atoms with Gasteiger partial charge in [0.15, 0.2) is 0 Å². The standard InChI is InChI=1S/C9H7NO4/c11-5-8(12)10-7-4-2-1-3-6(7)9(13)14/h1-5H,(H,10,12)(H,13,14). The Morgan fingerprint density at radius 1 is 1.29 bits per heavy atom. The highest BCUT2D eigenvalue weighted by Crippen LogP contribution is 2.14. The van der Waals surface area contributed by atoms with Crippen LogP contribution < -0.4 is 5.32 Å². The second-order valence-corrected chi connectivity index (χ2v) is 2.46. The number of carboxylic acid groups (broad SMARTS) is 1. The van der Waals surface area contributed by atoms with E-state index in [0.717, 1.165) is 0 Å². The summed E-state index contributed by atoms with van der Waals surface area (Å²) < 4.78 is 0. The third-order valence-corrected chi connectivity index (χ3v) is 1.52. The molecule has 0 atom stereocenters. The van der Waals surface area contributed by atoms with Gasteiger partial charge in [0.2, 0.25) is 6.29 Å². The van der Waals surface area contributed by atoms with Gasteiger partial charge >= 0.3 is 5.97 Å². The van der Waals surface area contributed by atoms with Crippen LogP contribution in [0.4, 0.5) is 5.69 Å². The molecule has 0 fully saturated rings. The Labute approximate surface area is 79.4 Å². The van der Waals surface area contributed by atoms with Crippen molar-refractivity contribution < 1.29 is 19.5 Å². The number of hydrogen-bond donors (Lipinski definition) is 2. The summed E-state index contributed by atoms with van der Waals surface area (Å²) in [6, 6.07) is 5.83. The smallest absolute Gasteiger partial charge is 0.337 e. The van der Waals surface area contributed by atoms with Crippen LogP contribution in [0.2, 0.25) is 0 Å². The lowest BCUT2D eigenvalue weighted by molar-refractivity contribution is -0.127. The van der Waals surface area contributed by atoms with Crippen LogP contribution in [0.3, 0.4) is 0 Å². The number of benzene rings is 1. The van der Waals surface area contributed by atoms with Crippen LogP contribution in [0, 0.1) is 0 Å². The fourth-order valence-electron chi connectivity index (χ4n) is 0.941. The van der Waals surface area contributed by atoms with Crippen LogP contribution in [-0.2, 0) is 9.59 Å². The van der Waals surface area contributed by atoms with Gasteiger partial charge in [-0.25, -0.2) is 4.79 Å². The number of hydrogen-bond acceptors (Lipinski definition) is 3. The van der Waals surface area contributed by atoms with E-state index in [9.17, 15) is 14.4 Å². The van der Waals surface area contributed by atoms with Gasteiger partial charge in [-0.2, -0.15) is 0 Å². The Morgan fingerprint density at radius 2 is 1.93 bits per heavy atom. The molecule has 0 radical (unpaired) electrons. The molecule has 1 aromatic rings. The third-order valence-electron chi connectivity index (χ3n) is 1.52. The van der Waals surface area contributed by atoms with Crippen LogP contribution in [0.15, 0.2) is 24.3 Å². The molecule has 0 spiro atoms. The minimum atomic E-state index is -1.16. The van der Waals surface area contributed by atoms with E-state index in [2.05, 4.69) is 5.32 Å². The normalized spacial score (nSPS) is 9.14. The van der Waals surface area contributed by atoms with Crippen molar-refractivity contribution >= 4 is 23.9 Å². The van der Waals surface area contributed by atoms with Crippen LogP contribution in [0.25, 0.3) is 0 Å². The minimum Gasteiger partial charge on any atom is -0.478 e. The molecule has 1 amide bonds. The molecule has 1 aromatic carbocycles. The van der Waals surface area contributed by atoms with Gasteiger partial charge in [-0.1, -0.05) is 12.1 Å². The number of carbonyl (C=O) groups excluding carboxylic acids is 2. The molecule has 0 saturated carbocycles. The molecule has 0 aromatic heterocycles. The summed E-state index contributed by atoms with van der Waals surface area (Å²) in [5.41, 5.74) is 0.0554. The van der Waals surface area contributed by atoms with Crippen LogP contribution in [-0.4, -0.2) is 23.3 Å². The SMILES string of the molecule is O=CC(=O)Nc1ccccc1C(=O)O. The quantitative estimate of drug-likeness (QED) is 0.541. The number of nitrogens with one attached hydrogen (secondary N) is 1. The molecule has 1 rings (SSSR count). The molecule has 5 nitrogen and oxygen atoms in total. The molecule has 0 aliphatic rings. The summed E-state index contributed by atoms with van der Waals surface area (Å²) in [5, 5.41) is 10.9. The van der Waals surface area contributed by atoms with Crippen molar-refractivity contribution in [2.45, 2.75) is 0 Å². The Hall–Kier alpha value is -2.17. The lowest BCUT2D eigenvalue weighted by Gasteiger charge is -2.04. The van der Waals surface area contributed by atoms with Crippen LogP contribution in [0.1, 0.15) is 10.4 Å². The maximum Gasteiger partial charge on any atom is 0.337 e. The lowest BCUT2D eigenvalue weighted by atomic mass is 10.2. The number of aromatic carboxylic acids is 1. The van der Waals surface area contributed by atoms with Gasteiger partial charge in [0.1, 0.15) is 0 Å². The zero-order valence-electron chi connectivity index (χ0n) is 7.06. The number of para-hydroxylation sites is 1. The van der Waals surface area contributed by atoms with E-state index in [0.29, 0.717) is 0 Å². The first-order valence-corrected chi connectivity index (χ1v) is 3.73. The summed E-state index contributed by atoms with van der Waals surface area (Å²) in [6.07, 6.45) is 0.0820. The van der Waals surface area contributed by atoms with Crippen molar-refractivity contribution in [1.82, 2.24) is 0 Å². The van der Waals surface area contributed by atoms with Crippen molar-refractivity contribution in [3.8, 4) is 0 Å². The summed E-state index contributed by atoms with van der Waals surface area (Å²) in [5.74, 6) is -2.04. The van der Waals surface area contributed by atoms with Crippen LogP contribution in [0.5, 0.6) is 0 Å². The van der Waals surface area contributed by atoms with Gasteiger partial charge in [-0.3, -0.25) is 9.59 Å². The van der Waals surface area contributed by atoms with Gasteiger partial charge in [0, 0.05) is 0 Å². The Kier molecular flexibility index (Phi) is 2.96. The lowest BCUT2D eigenvalue weighted by Crippen LogP contribution is -2.15. The summed E-state index contributed by atoms with van der Waals surface area (Å²) in [4.78, 5) is 31.4.